The molecule has 6 heteroatoms. The van der Waals surface area contributed by atoms with Gasteiger partial charge in [-0.3, -0.25) is 0 Å². The molecular weight excluding hydrogens is 650 g/mol. The SMILES string of the molecule is CCCCn1/c(=C/C=C2\CCCC(/C=C/C3=[N+](CCCC)c4ccc(Cl)c5cccc3c45)=C2Cl)c2cccc3c(Cl)ccc1c32.[Cl-]. The summed E-state index contributed by atoms with van der Waals surface area (Å²) in [6.45, 7) is 6.44. The number of aryl methyl sites for hydroxylation is 1. The first kappa shape index (κ1) is 32.9. The number of rotatable bonds is 9. The van der Waals surface area contributed by atoms with E-state index in [1.807, 2.05) is 12.1 Å². The second-order valence-electron chi connectivity index (χ2n) is 12.3. The topological polar surface area (TPSA) is 7.94 Å². The van der Waals surface area contributed by atoms with Crippen LogP contribution < -0.4 is 17.8 Å². The van der Waals surface area contributed by atoms with Crippen molar-refractivity contribution in [3.05, 3.63) is 116 Å². The van der Waals surface area contributed by atoms with E-state index in [-0.39, 0.29) is 12.4 Å². The molecule has 236 valence electrons. The van der Waals surface area contributed by atoms with Gasteiger partial charge in [0.2, 0.25) is 11.4 Å². The zero-order valence-corrected chi connectivity index (χ0v) is 29.4. The van der Waals surface area contributed by atoms with Crippen LogP contribution in [0.1, 0.15) is 64.4 Å². The molecule has 46 heavy (non-hydrogen) atoms. The number of unbranched alkanes of at least 4 members (excludes halogenated alkanes) is 2. The molecule has 2 heterocycles. The Balaban J connectivity index is 0.00000372. The second kappa shape index (κ2) is 14.0. The minimum atomic E-state index is 0. The summed E-state index contributed by atoms with van der Waals surface area (Å²) in [4.78, 5) is 0. The van der Waals surface area contributed by atoms with E-state index in [2.05, 4.69) is 95.8 Å². The third-order valence-corrected chi connectivity index (χ3v) is 10.6. The molecule has 0 spiro atoms. The van der Waals surface area contributed by atoms with E-state index >= 15 is 0 Å². The highest BCUT2D eigenvalue weighted by molar-refractivity contribution is 6.38. The Kier molecular flexibility index (Phi) is 10.0. The van der Waals surface area contributed by atoms with E-state index in [9.17, 15) is 0 Å². The summed E-state index contributed by atoms with van der Waals surface area (Å²) in [5.74, 6) is 0. The van der Waals surface area contributed by atoms with E-state index in [0.29, 0.717) is 0 Å². The molecule has 4 aromatic carbocycles. The first-order valence-corrected chi connectivity index (χ1v) is 17.5. The molecule has 0 fully saturated rings. The zero-order valence-electron chi connectivity index (χ0n) is 26.4. The summed E-state index contributed by atoms with van der Waals surface area (Å²) in [6.07, 6.45) is 16.6. The number of benzene rings is 4. The van der Waals surface area contributed by atoms with E-state index in [1.54, 1.807) is 0 Å². The van der Waals surface area contributed by atoms with E-state index < -0.39 is 0 Å². The maximum Gasteiger partial charge on any atom is 0.214 e. The van der Waals surface area contributed by atoms with Gasteiger partial charge in [-0.2, -0.15) is 4.58 Å². The molecule has 2 nitrogen and oxygen atoms in total. The Morgan fingerprint density at radius 3 is 2.26 bits per heavy atom. The van der Waals surface area contributed by atoms with Gasteiger partial charge in [-0.25, -0.2) is 0 Å². The van der Waals surface area contributed by atoms with Gasteiger partial charge < -0.3 is 17.0 Å². The largest absolute Gasteiger partial charge is 1.00 e. The van der Waals surface area contributed by atoms with Gasteiger partial charge in [-0.1, -0.05) is 104 Å². The monoisotopic (exact) mass is 686 g/mol. The fourth-order valence-electron chi connectivity index (χ4n) is 7.17. The van der Waals surface area contributed by atoms with Crippen LogP contribution in [0.5, 0.6) is 0 Å². The van der Waals surface area contributed by atoms with Gasteiger partial charge in [-0.05, 0) is 67.2 Å². The van der Waals surface area contributed by atoms with E-state index in [0.717, 1.165) is 83.9 Å². The van der Waals surface area contributed by atoms with Crippen molar-refractivity contribution in [1.29, 1.82) is 0 Å². The predicted octanol–water partition coefficient (Wildman–Crippen LogP) is 8.66. The van der Waals surface area contributed by atoms with Crippen LogP contribution in [-0.4, -0.2) is 21.4 Å². The van der Waals surface area contributed by atoms with Crippen molar-refractivity contribution >= 4 is 84.7 Å². The number of hydrogen-bond acceptors (Lipinski definition) is 0. The lowest BCUT2D eigenvalue weighted by atomic mass is 9.93. The molecule has 0 amide bonds. The second-order valence-corrected chi connectivity index (χ2v) is 13.4. The molecule has 0 saturated carbocycles. The van der Waals surface area contributed by atoms with Gasteiger partial charge in [0, 0.05) is 72.6 Å². The lowest BCUT2D eigenvalue weighted by molar-refractivity contribution is -0.436. The highest BCUT2D eigenvalue weighted by Gasteiger charge is 2.31. The maximum absolute atomic E-state index is 7.20. The van der Waals surface area contributed by atoms with Crippen LogP contribution in [0.2, 0.25) is 10.0 Å². The number of aromatic nitrogens is 1. The fourth-order valence-corrected chi connectivity index (χ4v) is 7.93. The number of nitrogens with zero attached hydrogens (tertiary/aromatic N) is 2. The first-order valence-electron chi connectivity index (χ1n) is 16.3. The molecular formula is C40H38Cl4N2. The third kappa shape index (κ3) is 5.73. The summed E-state index contributed by atoms with van der Waals surface area (Å²) in [7, 11) is 0. The molecule has 1 aromatic heterocycles. The molecule has 0 bridgehead atoms. The van der Waals surface area contributed by atoms with Crippen molar-refractivity contribution in [2.24, 2.45) is 0 Å². The predicted molar refractivity (Wildman–Crippen MR) is 196 cm³/mol. The summed E-state index contributed by atoms with van der Waals surface area (Å²) < 4.78 is 4.92. The molecule has 7 rings (SSSR count). The summed E-state index contributed by atoms with van der Waals surface area (Å²) in [5.41, 5.74) is 7.36. The molecule has 1 aliphatic carbocycles. The van der Waals surface area contributed by atoms with Crippen LogP contribution in [0.15, 0.2) is 95.1 Å². The Bertz CT molecular complexity index is 2140. The van der Waals surface area contributed by atoms with Gasteiger partial charge in [0.1, 0.15) is 6.54 Å². The number of allylic oxidation sites excluding steroid dienone is 6. The minimum Gasteiger partial charge on any atom is -1.00 e. The van der Waals surface area contributed by atoms with Crippen LogP contribution in [0.3, 0.4) is 0 Å². The highest BCUT2D eigenvalue weighted by atomic mass is 35.5. The normalized spacial score (nSPS) is 16.4. The number of hydrogen-bond donors (Lipinski definition) is 0. The van der Waals surface area contributed by atoms with Gasteiger partial charge in [-0.15, -0.1) is 0 Å². The number of halogens is 4. The molecule has 5 aromatic rings. The standard InChI is InChI=1S/C40H38Cl3N2.ClH/c1-3-5-24-44-34(30-14-8-12-28-32(41)18-22-36(44)38(28)30)20-16-26-10-7-11-27(40(26)43)17-21-35-31-15-9-13-29-33(42)19-23-37(39(29)31)45(35)25-6-4-2;/h8-9,12-23H,3-7,10-11,24-25H2,1-2H3;1H/q+1;/p-1. The molecule has 0 radical (unpaired) electrons. The first-order chi connectivity index (χ1) is 22.0. The van der Waals surface area contributed by atoms with Crippen molar-refractivity contribution in [3.8, 4) is 0 Å². The van der Waals surface area contributed by atoms with Crippen molar-refractivity contribution in [2.75, 3.05) is 6.54 Å². The summed E-state index contributed by atoms with van der Waals surface area (Å²) in [6, 6.07) is 21.3. The van der Waals surface area contributed by atoms with Crippen molar-refractivity contribution in [2.45, 2.75) is 65.3 Å². The molecule has 0 N–H and O–H groups in total. The van der Waals surface area contributed by atoms with Crippen molar-refractivity contribution in [3.63, 3.8) is 0 Å². The van der Waals surface area contributed by atoms with Crippen molar-refractivity contribution in [1.82, 2.24) is 4.57 Å². The van der Waals surface area contributed by atoms with Crippen LogP contribution in [0, 0.1) is 0 Å². The van der Waals surface area contributed by atoms with Gasteiger partial charge in [0.25, 0.3) is 0 Å². The van der Waals surface area contributed by atoms with E-state index in [4.69, 9.17) is 34.8 Å². The Morgan fingerprint density at radius 1 is 0.761 bits per heavy atom. The maximum atomic E-state index is 7.20. The molecule has 0 saturated heterocycles. The van der Waals surface area contributed by atoms with Crippen LogP contribution >= 0.6 is 34.8 Å². The molecule has 1 aliphatic heterocycles. The smallest absolute Gasteiger partial charge is 0.214 e. The van der Waals surface area contributed by atoms with Gasteiger partial charge in [0.05, 0.1) is 10.9 Å². The summed E-state index contributed by atoms with van der Waals surface area (Å²) >= 11 is 20.5. The van der Waals surface area contributed by atoms with Crippen LogP contribution in [-0.2, 0) is 6.54 Å². The summed E-state index contributed by atoms with van der Waals surface area (Å²) in [5, 5.41) is 9.68. The lowest BCUT2D eigenvalue weighted by Crippen LogP contribution is -3.00. The van der Waals surface area contributed by atoms with E-state index in [1.165, 1.54) is 55.1 Å². The Labute approximate surface area is 292 Å². The molecule has 2 aliphatic rings. The third-order valence-electron chi connectivity index (χ3n) is 9.46. The average Bonchev–Trinajstić information content (AvgIpc) is 3.53. The van der Waals surface area contributed by atoms with Crippen LogP contribution in [0.4, 0.5) is 5.69 Å². The minimum absolute atomic E-state index is 0. The highest BCUT2D eigenvalue weighted by Crippen LogP contribution is 2.40. The average molecular weight is 689 g/mol. The van der Waals surface area contributed by atoms with Crippen LogP contribution in [0.25, 0.3) is 38.5 Å². The molecule has 0 atom stereocenters. The van der Waals surface area contributed by atoms with Crippen molar-refractivity contribution < 1.29 is 17.0 Å². The quantitative estimate of drug-likeness (QED) is 0.137. The zero-order chi connectivity index (χ0) is 31.1. The lowest BCUT2D eigenvalue weighted by Gasteiger charge is -2.16. The Hall–Kier alpha value is -3.01. The Morgan fingerprint density at radius 2 is 1.48 bits per heavy atom. The fraction of sp³-hybridized carbons (Fsp3) is 0.275. The van der Waals surface area contributed by atoms with Gasteiger partial charge >= 0.3 is 0 Å². The molecule has 0 unspecified atom stereocenters. The van der Waals surface area contributed by atoms with Gasteiger partial charge in [0.15, 0.2) is 0 Å².